The summed E-state index contributed by atoms with van der Waals surface area (Å²) in [5.41, 5.74) is 1.20. The minimum atomic E-state index is -0.371. The molecule has 0 aliphatic carbocycles. The number of thioether (sulfide) groups is 1. The molecule has 2 N–H and O–H groups in total. The van der Waals surface area contributed by atoms with Crippen molar-refractivity contribution in [3.8, 4) is 5.75 Å². The Balaban J connectivity index is 2.12. The number of hydrogen-bond donors (Lipinski definition) is 2. The number of unbranched alkanes of at least 4 members (excludes halogenated alkanes) is 1. The normalized spacial score (nSPS) is 11.8. The van der Waals surface area contributed by atoms with Gasteiger partial charge in [-0.15, -0.1) is 0 Å². The van der Waals surface area contributed by atoms with Crippen LogP contribution in [0.25, 0.3) is 0 Å². The highest BCUT2D eigenvalue weighted by Crippen LogP contribution is 2.27. The molecule has 0 aliphatic heterocycles. The lowest BCUT2D eigenvalue weighted by atomic mass is 10.2. The molecular formula is C19H25N3O3S. The number of anilines is 1. The molecule has 0 aliphatic rings. The number of nitrogens with one attached hydrogen (secondary N) is 2. The standard InChI is InChI=1S/C19H25N3O3S/c1-4-6-9-13-12-17(23)22-19(20-13)26-16(5-2)18(24)21-14-10-7-8-11-15(14)25-3/h7-8,10-12,16H,4-6,9H2,1-3H3,(H,21,24)(H,20,22,23). The molecule has 7 heteroatoms. The van der Waals surface area contributed by atoms with E-state index in [2.05, 4.69) is 22.2 Å². The largest absolute Gasteiger partial charge is 0.495 e. The maximum absolute atomic E-state index is 12.7. The third-order valence-electron chi connectivity index (χ3n) is 3.84. The number of methoxy groups -OCH3 is 1. The van der Waals surface area contributed by atoms with Gasteiger partial charge in [0.2, 0.25) is 5.91 Å². The molecule has 1 heterocycles. The van der Waals surface area contributed by atoms with Crippen LogP contribution in [0.2, 0.25) is 0 Å². The summed E-state index contributed by atoms with van der Waals surface area (Å²) in [4.78, 5) is 31.7. The summed E-state index contributed by atoms with van der Waals surface area (Å²) in [5.74, 6) is 0.456. The van der Waals surface area contributed by atoms with Crippen molar-refractivity contribution in [3.05, 3.63) is 46.4 Å². The van der Waals surface area contributed by atoms with E-state index in [1.165, 1.54) is 17.8 Å². The van der Waals surface area contributed by atoms with Gasteiger partial charge in [0.1, 0.15) is 5.75 Å². The zero-order chi connectivity index (χ0) is 18.9. The molecule has 2 aromatic rings. The molecule has 1 aromatic heterocycles. The number of H-pyrrole nitrogens is 1. The van der Waals surface area contributed by atoms with Crippen LogP contribution in [-0.2, 0) is 11.2 Å². The summed E-state index contributed by atoms with van der Waals surface area (Å²) in [7, 11) is 1.56. The molecule has 0 radical (unpaired) electrons. The van der Waals surface area contributed by atoms with Gasteiger partial charge >= 0.3 is 0 Å². The number of hydrogen-bond acceptors (Lipinski definition) is 5. The van der Waals surface area contributed by atoms with Crippen molar-refractivity contribution in [2.75, 3.05) is 12.4 Å². The van der Waals surface area contributed by atoms with Gasteiger partial charge in [0, 0.05) is 11.8 Å². The monoisotopic (exact) mass is 375 g/mol. The van der Waals surface area contributed by atoms with Crippen LogP contribution in [0.3, 0.4) is 0 Å². The van der Waals surface area contributed by atoms with Gasteiger partial charge < -0.3 is 15.0 Å². The second-order valence-corrected chi connectivity index (χ2v) is 7.04. The molecule has 1 aromatic carbocycles. The molecule has 2 rings (SSSR count). The Hall–Kier alpha value is -2.28. The second kappa shape index (κ2) is 10.0. The lowest BCUT2D eigenvalue weighted by Gasteiger charge is -2.16. The Bertz CT molecular complexity index is 792. The second-order valence-electron chi connectivity index (χ2n) is 5.85. The quantitative estimate of drug-likeness (QED) is 0.516. The van der Waals surface area contributed by atoms with E-state index in [4.69, 9.17) is 4.74 Å². The van der Waals surface area contributed by atoms with E-state index in [-0.39, 0.29) is 16.7 Å². The van der Waals surface area contributed by atoms with Crippen molar-refractivity contribution in [2.45, 2.75) is 49.9 Å². The van der Waals surface area contributed by atoms with Crippen LogP contribution < -0.4 is 15.6 Å². The molecule has 6 nitrogen and oxygen atoms in total. The van der Waals surface area contributed by atoms with E-state index in [0.717, 1.165) is 25.0 Å². The van der Waals surface area contributed by atoms with Crippen LogP contribution in [0.1, 0.15) is 38.8 Å². The lowest BCUT2D eigenvalue weighted by molar-refractivity contribution is -0.115. The van der Waals surface area contributed by atoms with Crippen LogP contribution >= 0.6 is 11.8 Å². The van der Waals surface area contributed by atoms with Crippen molar-refractivity contribution in [1.82, 2.24) is 9.97 Å². The summed E-state index contributed by atoms with van der Waals surface area (Å²) in [6.45, 7) is 4.02. The summed E-state index contributed by atoms with van der Waals surface area (Å²) in [6, 6.07) is 8.79. The highest BCUT2D eigenvalue weighted by atomic mass is 32.2. The smallest absolute Gasteiger partial charge is 0.251 e. The highest BCUT2D eigenvalue weighted by Gasteiger charge is 2.20. The number of rotatable bonds is 9. The number of aryl methyl sites for hydroxylation is 1. The summed E-state index contributed by atoms with van der Waals surface area (Å²) in [6.07, 6.45) is 3.38. The number of ether oxygens (including phenoxy) is 1. The maximum atomic E-state index is 12.7. The Morgan fingerprint density at radius 2 is 2.12 bits per heavy atom. The van der Waals surface area contributed by atoms with Gasteiger partial charge in [-0.2, -0.15) is 0 Å². The van der Waals surface area contributed by atoms with Crippen LogP contribution in [0, 0.1) is 0 Å². The average molecular weight is 375 g/mol. The van der Waals surface area contributed by atoms with Crippen molar-refractivity contribution >= 4 is 23.4 Å². The van der Waals surface area contributed by atoms with Gasteiger partial charge in [0.05, 0.1) is 18.0 Å². The topological polar surface area (TPSA) is 84.1 Å². The molecule has 1 unspecified atom stereocenters. The molecule has 26 heavy (non-hydrogen) atoms. The zero-order valence-corrected chi connectivity index (χ0v) is 16.2. The molecule has 0 saturated heterocycles. The lowest BCUT2D eigenvalue weighted by Crippen LogP contribution is -2.25. The molecule has 1 amide bonds. The Labute approximate surface area is 157 Å². The minimum Gasteiger partial charge on any atom is -0.495 e. The van der Waals surface area contributed by atoms with Crippen LogP contribution in [-0.4, -0.2) is 28.2 Å². The first-order chi connectivity index (χ1) is 12.6. The number of nitrogens with zero attached hydrogens (tertiary/aromatic N) is 1. The summed E-state index contributed by atoms with van der Waals surface area (Å²) >= 11 is 1.27. The van der Waals surface area contributed by atoms with Crippen LogP contribution in [0.5, 0.6) is 5.75 Å². The molecule has 0 spiro atoms. The van der Waals surface area contributed by atoms with Gasteiger partial charge in [-0.1, -0.05) is 44.2 Å². The maximum Gasteiger partial charge on any atom is 0.251 e. The molecule has 140 valence electrons. The Morgan fingerprint density at radius 1 is 1.35 bits per heavy atom. The molecule has 1 atom stereocenters. The van der Waals surface area contributed by atoms with E-state index in [0.29, 0.717) is 23.0 Å². The molecule has 0 fully saturated rings. The van der Waals surface area contributed by atoms with E-state index in [1.807, 2.05) is 19.1 Å². The van der Waals surface area contributed by atoms with E-state index >= 15 is 0 Å². The van der Waals surface area contributed by atoms with Gasteiger partial charge in [-0.05, 0) is 31.4 Å². The highest BCUT2D eigenvalue weighted by molar-refractivity contribution is 8.00. The fourth-order valence-corrected chi connectivity index (χ4v) is 3.37. The third kappa shape index (κ3) is 5.62. The number of para-hydroxylation sites is 2. The molecule has 0 bridgehead atoms. The van der Waals surface area contributed by atoms with E-state index < -0.39 is 0 Å². The van der Waals surface area contributed by atoms with Gasteiger partial charge in [-0.25, -0.2) is 4.98 Å². The predicted molar refractivity (Wildman–Crippen MR) is 105 cm³/mol. The first-order valence-electron chi connectivity index (χ1n) is 8.78. The Morgan fingerprint density at radius 3 is 2.81 bits per heavy atom. The summed E-state index contributed by atoms with van der Waals surface area (Å²) in [5, 5.41) is 3.00. The van der Waals surface area contributed by atoms with E-state index in [1.54, 1.807) is 19.2 Å². The fraction of sp³-hybridized carbons (Fsp3) is 0.421. The van der Waals surface area contributed by atoms with Crippen molar-refractivity contribution in [1.29, 1.82) is 0 Å². The fourth-order valence-electron chi connectivity index (χ4n) is 2.44. The first-order valence-corrected chi connectivity index (χ1v) is 9.66. The van der Waals surface area contributed by atoms with Gasteiger partial charge in [0.15, 0.2) is 5.16 Å². The molecular weight excluding hydrogens is 350 g/mol. The summed E-state index contributed by atoms with van der Waals surface area (Å²) < 4.78 is 5.27. The number of amides is 1. The SMILES string of the molecule is CCCCc1cc(=O)[nH]c(SC(CC)C(=O)Nc2ccccc2OC)n1. The van der Waals surface area contributed by atoms with Crippen molar-refractivity contribution in [2.24, 2.45) is 0 Å². The Kier molecular flexibility index (Phi) is 7.72. The van der Waals surface area contributed by atoms with Crippen LogP contribution in [0.4, 0.5) is 5.69 Å². The predicted octanol–water partition coefficient (Wildman–Crippen LogP) is 3.63. The molecule has 0 saturated carbocycles. The number of carbonyl (C=O) groups excluding carboxylic acids is 1. The minimum absolute atomic E-state index is 0.149. The van der Waals surface area contributed by atoms with Gasteiger partial charge in [-0.3, -0.25) is 9.59 Å². The number of carbonyl (C=O) groups is 1. The average Bonchev–Trinajstić information content (AvgIpc) is 2.64. The zero-order valence-electron chi connectivity index (χ0n) is 15.4. The number of benzene rings is 1. The van der Waals surface area contributed by atoms with Crippen molar-refractivity contribution in [3.63, 3.8) is 0 Å². The van der Waals surface area contributed by atoms with Crippen LogP contribution in [0.15, 0.2) is 40.3 Å². The number of aromatic amines is 1. The van der Waals surface area contributed by atoms with E-state index in [9.17, 15) is 9.59 Å². The third-order valence-corrected chi connectivity index (χ3v) is 5.09. The number of aromatic nitrogens is 2. The van der Waals surface area contributed by atoms with Crippen molar-refractivity contribution < 1.29 is 9.53 Å². The first kappa shape index (κ1) is 20.0. The van der Waals surface area contributed by atoms with Gasteiger partial charge in [0.25, 0.3) is 5.56 Å².